The molecular formula is C36H38F4N6O3. The maximum absolute atomic E-state index is 14.2. The maximum Gasteiger partial charge on any atom is 0.416 e. The van der Waals surface area contributed by atoms with Gasteiger partial charge < -0.3 is 25.2 Å². The normalized spacial score (nSPS) is 24.2. The van der Waals surface area contributed by atoms with Crippen LogP contribution in [-0.4, -0.2) is 77.9 Å². The summed E-state index contributed by atoms with van der Waals surface area (Å²) in [5.41, 5.74) is 0.865. The second-order valence-corrected chi connectivity index (χ2v) is 13.3. The number of aryl methyl sites for hydroxylation is 1. The average Bonchev–Trinajstić information content (AvgIpc) is 3.84. The molecule has 1 aromatic heterocycles. The Labute approximate surface area is 281 Å². The van der Waals surface area contributed by atoms with Crippen LogP contribution in [0.2, 0.25) is 0 Å². The fourth-order valence-electron chi connectivity index (χ4n) is 7.36. The van der Waals surface area contributed by atoms with E-state index in [1.807, 2.05) is 24.0 Å². The highest BCUT2D eigenvalue weighted by atomic mass is 19.4. The molecule has 2 N–H and O–H groups in total. The number of urea groups is 1. The molecule has 3 unspecified atom stereocenters. The lowest BCUT2D eigenvalue weighted by Crippen LogP contribution is -2.50. The van der Waals surface area contributed by atoms with Crippen molar-refractivity contribution in [1.82, 2.24) is 14.8 Å². The zero-order valence-electron chi connectivity index (χ0n) is 27.1. The van der Waals surface area contributed by atoms with Crippen LogP contribution in [-0.2, 0) is 9.53 Å². The van der Waals surface area contributed by atoms with Crippen LogP contribution in [0.3, 0.4) is 0 Å². The SMILES string of the molecule is Cc1cccc(C2CCCN(C34CC3CC(C(F)(F)F)=C(C(=O)Nc3ccc(N5CCN(C(=O)Nc6ccccc6F)CC5)nc3)O4)C2)c1. The number of hydrogen-bond acceptors (Lipinski definition) is 6. The van der Waals surface area contributed by atoms with Crippen LogP contribution in [0.25, 0.3) is 0 Å². The predicted octanol–water partition coefficient (Wildman–Crippen LogP) is 6.65. The summed E-state index contributed by atoms with van der Waals surface area (Å²) in [6.07, 6.45) is -1.25. The van der Waals surface area contributed by atoms with E-state index in [-0.39, 0.29) is 29.6 Å². The Kier molecular flexibility index (Phi) is 8.72. The Morgan fingerprint density at radius 2 is 1.78 bits per heavy atom. The van der Waals surface area contributed by atoms with Crippen molar-refractivity contribution in [2.45, 2.75) is 50.4 Å². The minimum absolute atomic E-state index is 0.108. The Balaban J connectivity index is 0.990. The number of ether oxygens (including phenoxy) is 1. The molecule has 1 saturated carbocycles. The predicted molar refractivity (Wildman–Crippen MR) is 176 cm³/mol. The number of carbonyl (C=O) groups is 2. The monoisotopic (exact) mass is 678 g/mol. The van der Waals surface area contributed by atoms with Crippen LogP contribution in [0.1, 0.15) is 42.7 Å². The van der Waals surface area contributed by atoms with Crippen LogP contribution in [0.15, 0.2) is 78.2 Å². The van der Waals surface area contributed by atoms with Gasteiger partial charge in [0.2, 0.25) is 0 Å². The number of fused-ring (bicyclic) bond motifs is 1. The van der Waals surface area contributed by atoms with Crippen molar-refractivity contribution in [3.63, 3.8) is 0 Å². The molecule has 258 valence electrons. The van der Waals surface area contributed by atoms with Gasteiger partial charge in [-0.2, -0.15) is 13.2 Å². The number of amides is 3. The van der Waals surface area contributed by atoms with Crippen molar-refractivity contribution in [3.05, 3.63) is 95.1 Å². The molecular weight excluding hydrogens is 640 g/mol. The summed E-state index contributed by atoms with van der Waals surface area (Å²) in [5, 5.41) is 5.17. The molecule has 3 aromatic rings. The minimum Gasteiger partial charge on any atom is -0.466 e. The quantitative estimate of drug-likeness (QED) is 0.284. The zero-order valence-corrected chi connectivity index (χ0v) is 27.1. The topological polar surface area (TPSA) is 90.0 Å². The van der Waals surface area contributed by atoms with Gasteiger partial charge in [-0.25, -0.2) is 14.2 Å². The van der Waals surface area contributed by atoms with E-state index in [1.165, 1.54) is 23.9 Å². The lowest BCUT2D eigenvalue weighted by molar-refractivity contribution is -0.138. The number of carbonyl (C=O) groups excluding carboxylic acids is 2. The van der Waals surface area contributed by atoms with E-state index in [9.17, 15) is 27.2 Å². The Hall–Kier alpha value is -4.65. The second kappa shape index (κ2) is 13.0. The number of hydrogen-bond donors (Lipinski definition) is 2. The molecule has 9 nitrogen and oxygen atoms in total. The summed E-state index contributed by atoms with van der Waals surface area (Å²) < 4.78 is 62.8. The number of likely N-dealkylation sites (tertiary alicyclic amines) is 1. The highest BCUT2D eigenvalue weighted by molar-refractivity contribution is 6.03. The number of nitrogens with one attached hydrogen (secondary N) is 2. The van der Waals surface area contributed by atoms with Gasteiger partial charge in [0.15, 0.2) is 11.5 Å². The van der Waals surface area contributed by atoms with E-state index in [0.29, 0.717) is 51.5 Å². The molecule has 3 amide bonds. The summed E-state index contributed by atoms with van der Waals surface area (Å²) in [6.45, 7) is 5.07. The van der Waals surface area contributed by atoms with Crippen molar-refractivity contribution in [2.75, 3.05) is 54.8 Å². The van der Waals surface area contributed by atoms with Crippen molar-refractivity contribution in [2.24, 2.45) is 5.92 Å². The average molecular weight is 679 g/mol. The first-order valence-electron chi connectivity index (χ1n) is 16.6. The molecule has 2 aromatic carbocycles. The van der Waals surface area contributed by atoms with Gasteiger partial charge in [0, 0.05) is 51.6 Å². The smallest absolute Gasteiger partial charge is 0.416 e. The van der Waals surface area contributed by atoms with Gasteiger partial charge in [-0.3, -0.25) is 9.69 Å². The number of alkyl halides is 3. The number of pyridine rings is 1. The highest BCUT2D eigenvalue weighted by Crippen LogP contribution is 2.60. The number of anilines is 3. The first kappa shape index (κ1) is 32.9. The molecule has 7 rings (SSSR count). The van der Waals surface area contributed by atoms with E-state index in [2.05, 4.69) is 32.7 Å². The van der Waals surface area contributed by atoms with Crippen LogP contribution in [0.4, 0.5) is 39.5 Å². The van der Waals surface area contributed by atoms with E-state index < -0.39 is 41.0 Å². The third-order valence-corrected chi connectivity index (χ3v) is 10.1. The molecule has 2 saturated heterocycles. The Morgan fingerprint density at radius 3 is 2.49 bits per heavy atom. The van der Waals surface area contributed by atoms with E-state index in [4.69, 9.17) is 4.74 Å². The zero-order chi connectivity index (χ0) is 34.3. The number of para-hydroxylation sites is 1. The van der Waals surface area contributed by atoms with Gasteiger partial charge in [-0.15, -0.1) is 0 Å². The number of rotatable bonds is 6. The van der Waals surface area contributed by atoms with Crippen molar-refractivity contribution in [3.8, 4) is 0 Å². The molecule has 4 heterocycles. The van der Waals surface area contributed by atoms with Crippen LogP contribution in [0.5, 0.6) is 0 Å². The lowest BCUT2D eigenvalue weighted by atomic mass is 9.89. The van der Waals surface area contributed by atoms with Crippen LogP contribution >= 0.6 is 0 Å². The molecule has 0 bridgehead atoms. The van der Waals surface area contributed by atoms with Gasteiger partial charge in [0.05, 0.1) is 23.1 Å². The van der Waals surface area contributed by atoms with E-state index in [1.54, 1.807) is 29.2 Å². The third kappa shape index (κ3) is 6.81. The largest absolute Gasteiger partial charge is 0.466 e. The highest BCUT2D eigenvalue weighted by Gasteiger charge is 2.66. The molecule has 49 heavy (non-hydrogen) atoms. The van der Waals surface area contributed by atoms with Crippen LogP contribution in [0, 0.1) is 18.7 Å². The molecule has 4 aliphatic rings. The number of piperazine rings is 1. The van der Waals surface area contributed by atoms with Crippen LogP contribution < -0.4 is 15.5 Å². The van der Waals surface area contributed by atoms with Gasteiger partial charge in [0.1, 0.15) is 11.6 Å². The minimum atomic E-state index is -4.70. The second-order valence-electron chi connectivity index (χ2n) is 13.3. The fraction of sp³-hybridized carbons (Fsp3) is 0.417. The van der Waals surface area contributed by atoms with E-state index in [0.717, 1.165) is 18.4 Å². The van der Waals surface area contributed by atoms with Crippen molar-refractivity contribution in [1.29, 1.82) is 0 Å². The summed E-state index contributed by atoms with van der Waals surface area (Å²) in [4.78, 5) is 36.2. The fourth-order valence-corrected chi connectivity index (χ4v) is 7.36. The maximum atomic E-state index is 14.2. The summed E-state index contributed by atoms with van der Waals surface area (Å²) in [7, 11) is 0. The molecule has 1 aliphatic carbocycles. The van der Waals surface area contributed by atoms with Gasteiger partial charge >= 0.3 is 12.2 Å². The van der Waals surface area contributed by atoms with Gasteiger partial charge in [-0.1, -0.05) is 42.0 Å². The number of aromatic nitrogens is 1. The van der Waals surface area contributed by atoms with Crippen molar-refractivity contribution >= 4 is 29.1 Å². The first-order chi connectivity index (χ1) is 23.5. The summed E-state index contributed by atoms with van der Waals surface area (Å²) >= 11 is 0. The van der Waals surface area contributed by atoms with Crippen molar-refractivity contribution < 1.29 is 31.9 Å². The summed E-state index contributed by atoms with van der Waals surface area (Å²) in [5.74, 6) is -1.65. The number of nitrogens with zero attached hydrogens (tertiary/aromatic N) is 4. The molecule has 13 heteroatoms. The Morgan fingerprint density at radius 1 is 0.980 bits per heavy atom. The first-order valence-corrected chi connectivity index (χ1v) is 16.6. The number of halogens is 4. The lowest BCUT2D eigenvalue weighted by Gasteiger charge is -2.41. The Bertz CT molecular complexity index is 1760. The van der Waals surface area contributed by atoms with Gasteiger partial charge in [-0.05, 0) is 61.9 Å². The van der Waals surface area contributed by atoms with E-state index >= 15 is 0 Å². The number of benzene rings is 2. The molecule has 0 radical (unpaired) electrons. The standard InChI is InChI=1S/C36H38F4N6O3/c1-23-6-4-7-24(18-23)25-8-5-13-46(22-25)35-20-26(35)19-28(36(38,39)40)32(49-35)33(47)42-27-11-12-31(41-21-27)44-14-16-45(17-15-44)34(48)43-30-10-3-2-9-29(30)37/h2-4,6-7,9-12,18,21,25-26H,5,8,13-17,19-20,22H2,1H3,(H,42,47)(H,43,48). The third-order valence-electron chi connectivity index (χ3n) is 10.1. The molecule has 0 spiro atoms. The molecule has 3 atom stereocenters. The molecule has 3 aliphatic heterocycles. The summed E-state index contributed by atoms with van der Waals surface area (Å²) in [6, 6.07) is 17.1. The molecule has 3 fully saturated rings. The number of allylic oxidation sites excluding steroid dienone is 1. The van der Waals surface area contributed by atoms with Gasteiger partial charge in [0.25, 0.3) is 5.91 Å². The number of piperidine rings is 1.